The lowest BCUT2D eigenvalue weighted by molar-refractivity contribution is 0.322. The second kappa shape index (κ2) is 6.62. The van der Waals surface area contributed by atoms with Crippen molar-refractivity contribution in [3.63, 3.8) is 0 Å². The van der Waals surface area contributed by atoms with Gasteiger partial charge in [-0.25, -0.2) is 13.4 Å². The lowest BCUT2D eigenvalue weighted by Crippen LogP contribution is -2.38. The van der Waals surface area contributed by atoms with Gasteiger partial charge in [-0.15, -0.1) is 0 Å². The molecule has 0 spiro atoms. The zero-order valence-corrected chi connectivity index (χ0v) is 14.3. The monoisotopic (exact) mass is 321 g/mol. The van der Waals surface area contributed by atoms with Crippen molar-refractivity contribution in [1.29, 1.82) is 0 Å². The molecule has 0 aliphatic rings. The molecule has 0 radical (unpaired) electrons. The first-order chi connectivity index (χ1) is 10.4. The first-order valence-corrected chi connectivity index (χ1v) is 8.86. The highest BCUT2D eigenvalue weighted by Crippen LogP contribution is 2.21. The summed E-state index contributed by atoms with van der Waals surface area (Å²) < 4.78 is 29.2. The molecule has 0 saturated heterocycles. The first kappa shape index (κ1) is 16.7. The van der Waals surface area contributed by atoms with Crippen LogP contribution in [0.1, 0.15) is 31.7 Å². The van der Waals surface area contributed by atoms with Gasteiger partial charge < -0.3 is 4.57 Å². The molecular formula is C16H23N3O2S. The summed E-state index contributed by atoms with van der Waals surface area (Å²) >= 11 is 0. The lowest BCUT2D eigenvalue weighted by atomic mass is 10.2. The van der Waals surface area contributed by atoms with Gasteiger partial charge in [0.15, 0.2) is 5.03 Å². The molecule has 1 heterocycles. The van der Waals surface area contributed by atoms with Crippen LogP contribution in [0.4, 0.5) is 0 Å². The molecular weight excluding hydrogens is 298 g/mol. The van der Waals surface area contributed by atoms with E-state index >= 15 is 0 Å². The van der Waals surface area contributed by atoms with Crippen LogP contribution in [-0.2, 0) is 23.6 Å². The Hall–Kier alpha value is -1.66. The Bertz CT molecular complexity index is 704. The van der Waals surface area contributed by atoms with E-state index in [-0.39, 0.29) is 11.1 Å². The minimum absolute atomic E-state index is 0.0903. The van der Waals surface area contributed by atoms with E-state index < -0.39 is 10.0 Å². The number of nitrogens with zero attached hydrogens (tertiary/aromatic N) is 3. The minimum atomic E-state index is -3.61. The molecule has 1 aromatic heterocycles. The Labute approximate surface area is 132 Å². The molecule has 2 aromatic rings. The summed E-state index contributed by atoms with van der Waals surface area (Å²) in [6.07, 6.45) is 2.32. The Balaban J connectivity index is 2.40. The highest BCUT2D eigenvalue weighted by Gasteiger charge is 2.30. The molecule has 5 nitrogen and oxygen atoms in total. The molecule has 0 unspecified atom stereocenters. The molecule has 0 saturated carbocycles. The van der Waals surface area contributed by atoms with Crippen LogP contribution in [0, 0.1) is 6.92 Å². The molecule has 0 aliphatic heterocycles. The summed E-state index contributed by atoms with van der Waals surface area (Å²) in [5.41, 5.74) is 0.971. The predicted molar refractivity (Wildman–Crippen MR) is 86.9 cm³/mol. The van der Waals surface area contributed by atoms with Crippen LogP contribution in [0.2, 0.25) is 0 Å². The van der Waals surface area contributed by atoms with Crippen molar-refractivity contribution in [2.45, 2.75) is 44.8 Å². The van der Waals surface area contributed by atoms with Crippen LogP contribution in [0.3, 0.4) is 0 Å². The number of benzene rings is 1. The van der Waals surface area contributed by atoms with Gasteiger partial charge in [0.05, 0.1) is 0 Å². The van der Waals surface area contributed by atoms with Gasteiger partial charge in [0, 0.05) is 25.8 Å². The van der Waals surface area contributed by atoms with Crippen LogP contribution >= 0.6 is 0 Å². The van der Waals surface area contributed by atoms with Gasteiger partial charge in [0.2, 0.25) is 0 Å². The Kier molecular flexibility index (Phi) is 5.03. The van der Waals surface area contributed by atoms with Crippen LogP contribution in [0.25, 0.3) is 0 Å². The molecule has 22 heavy (non-hydrogen) atoms. The maximum atomic E-state index is 13.0. The fourth-order valence-electron chi connectivity index (χ4n) is 2.22. The first-order valence-electron chi connectivity index (χ1n) is 7.42. The molecule has 0 fully saturated rings. The van der Waals surface area contributed by atoms with E-state index in [0.29, 0.717) is 12.4 Å². The topological polar surface area (TPSA) is 55.2 Å². The van der Waals surface area contributed by atoms with Gasteiger partial charge in [0.25, 0.3) is 10.0 Å². The van der Waals surface area contributed by atoms with Gasteiger partial charge >= 0.3 is 0 Å². The summed E-state index contributed by atoms with van der Waals surface area (Å²) in [5, 5.41) is 0.115. The highest BCUT2D eigenvalue weighted by molar-refractivity contribution is 7.89. The van der Waals surface area contributed by atoms with Gasteiger partial charge in [-0.1, -0.05) is 37.3 Å². The van der Waals surface area contributed by atoms with Crippen molar-refractivity contribution in [3.05, 3.63) is 47.9 Å². The fourth-order valence-corrected chi connectivity index (χ4v) is 3.94. The quantitative estimate of drug-likeness (QED) is 0.822. The van der Waals surface area contributed by atoms with E-state index in [1.54, 1.807) is 24.7 Å². The number of aromatic nitrogens is 2. The minimum Gasteiger partial charge on any atom is -0.337 e. The Morgan fingerprint density at radius 2 is 1.91 bits per heavy atom. The average molecular weight is 321 g/mol. The average Bonchev–Trinajstić information content (AvgIpc) is 2.85. The van der Waals surface area contributed by atoms with Crippen LogP contribution in [0.5, 0.6) is 0 Å². The maximum absolute atomic E-state index is 13.0. The zero-order valence-electron chi connectivity index (χ0n) is 13.5. The molecule has 0 bridgehead atoms. The van der Waals surface area contributed by atoms with E-state index in [1.165, 1.54) is 4.31 Å². The molecule has 0 amide bonds. The molecule has 1 atom stereocenters. The van der Waals surface area contributed by atoms with E-state index in [2.05, 4.69) is 4.98 Å². The summed E-state index contributed by atoms with van der Waals surface area (Å²) in [7, 11) is -1.81. The van der Waals surface area contributed by atoms with E-state index in [9.17, 15) is 8.42 Å². The van der Waals surface area contributed by atoms with Gasteiger partial charge in [-0.05, 0) is 25.8 Å². The second-order valence-electron chi connectivity index (χ2n) is 5.53. The van der Waals surface area contributed by atoms with Crippen molar-refractivity contribution >= 4 is 10.0 Å². The number of sulfonamides is 1. The van der Waals surface area contributed by atoms with E-state index in [0.717, 1.165) is 12.0 Å². The van der Waals surface area contributed by atoms with Gasteiger partial charge in [-0.2, -0.15) is 4.31 Å². The second-order valence-corrected chi connectivity index (χ2v) is 7.37. The Morgan fingerprint density at radius 3 is 2.41 bits per heavy atom. The number of rotatable bonds is 6. The molecule has 6 heteroatoms. The molecule has 120 valence electrons. The van der Waals surface area contributed by atoms with Crippen LogP contribution in [-0.4, -0.2) is 28.3 Å². The third-order valence-electron chi connectivity index (χ3n) is 3.92. The van der Waals surface area contributed by atoms with E-state index in [1.807, 2.05) is 44.2 Å². The van der Waals surface area contributed by atoms with Crippen LogP contribution < -0.4 is 0 Å². The largest absolute Gasteiger partial charge is 0.337 e. The summed E-state index contributed by atoms with van der Waals surface area (Å²) in [6, 6.07) is 9.55. The molecule has 0 N–H and O–H groups in total. The smallest absolute Gasteiger partial charge is 0.262 e. The van der Waals surface area contributed by atoms with Crippen LogP contribution in [0.15, 0.2) is 41.6 Å². The normalized spacial score (nSPS) is 13.5. The SMILES string of the molecule is CC[C@@H](C)N(Cc1ccccc1)S(=O)(=O)c1cn(C)c(C)n1. The van der Waals surface area contributed by atoms with Crippen molar-refractivity contribution in [3.8, 4) is 0 Å². The standard InChI is InChI=1S/C16H23N3O2S/c1-5-13(2)19(11-15-9-7-6-8-10-15)22(20,21)16-12-18(4)14(3)17-16/h6-10,12-13H,5,11H2,1-4H3/t13-/m1/s1. The predicted octanol–water partition coefficient (Wildman–Crippen LogP) is 2.72. The number of aryl methyl sites for hydroxylation is 2. The zero-order chi connectivity index (χ0) is 16.3. The number of imidazole rings is 1. The molecule has 0 aliphatic carbocycles. The molecule has 1 aromatic carbocycles. The molecule has 2 rings (SSSR count). The third kappa shape index (κ3) is 3.39. The van der Waals surface area contributed by atoms with E-state index in [4.69, 9.17) is 0 Å². The Morgan fingerprint density at radius 1 is 1.27 bits per heavy atom. The summed E-state index contributed by atoms with van der Waals surface area (Å²) in [4.78, 5) is 4.19. The number of hydrogen-bond acceptors (Lipinski definition) is 3. The highest BCUT2D eigenvalue weighted by atomic mass is 32.2. The van der Waals surface area contributed by atoms with Crippen molar-refractivity contribution < 1.29 is 8.42 Å². The lowest BCUT2D eigenvalue weighted by Gasteiger charge is -2.26. The van der Waals surface area contributed by atoms with Gasteiger partial charge in [-0.3, -0.25) is 0 Å². The number of hydrogen-bond donors (Lipinski definition) is 0. The van der Waals surface area contributed by atoms with Crippen molar-refractivity contribution in [1.82, 2.24) is 13.9 Å². The third-order valence-corrected chi connectivity index (χ3v) is 5.75. The summed E-state index contributed by atoms with van der Waals surface area (Å²) in [6.45, 7) is 6.07. The van der Waals surface area contributed by atoms with Crippen molar-refractivity contribution in [2.24, 2.45) is 7.05 Å². The van der Waals surface area contributed by atoms with Crippen molar-refractivity contribution in [2.75, 3.05) is 0 Å². The summed E-state index contributed by atoms with van der Waals surface area (Å²) in [5.74, 6) is 0.683. The maximum Gasteiger partial charge on any atom is 0.262 e. The van der Waals surface area contributed by atoms with Gasteiger partial charge in [0.1, 0.15) is 5.82 Å². The fraction of sp³-hybridized carbons (Fsp3) is 0.438.